The number of aliphatic hydroxyl groups is 1. The van der Waals surface area contributed by atoms with Gasteiger partial charge in [0.15, 0.2) is 0 Å². The molecule has 1 atom stereocenters. The summed E-state index contributed by atoms with van der Waals surface area (Å²) in [5.41, 5.74) is 0. The van der Waals surface area contributed by atoms with Crippen molar-refractivity contribution < 1.29 is 9.90 Å². The Morgan fingerprint density at radius 3 is 2.00 bits per heavy atom. The molecule has 2 nitrogen and oxygen atoms in total. The van der Waals surface area contributed by atoms with Crippen molar-refractivity contribution in [2.45, 2.75) is 19.4 Å². The molecule has 2 heteroatoms. The van der Waals surface area contributed by atoms with E-state index >= 15 is 0 Å². The Morgan fingerprint density at radius 1 is 1.00 bits per heavy atom. The number of allylic oxidation sites excluding steroid dienone is 7. The van der Waals surface area contributed by atoms with E-state index in [0.29, 0.717) is 0 Å². The summed E-state index contributed by atoms with van der Waals surface area (Å²) >= 11 is 0. The maximum Gasteiger partial charge on any atom is 0.142 e. The molecule has 0 aliphatic rings. The lowest BCUT2D eigenvalue weighted by atomic mass is 10.2. The first-order valence-electron chi connectivity index (χ1n) is 4.61. The molecule has 0 amide bonds. The standard InChI is InChI=1S/C12H16O2/c1-2-12(14)10-8-6-4-3-5-7-9-11-13/h3-12,14H,2H2,1H3/b5-3+,6-4+,9-7+,10-8+. The van der Waals surface area contributed by atoms with Crippen molar-refractivity contribution in [3.8, 4) is 0 Å². The van der Waals surface area contributed by atoms with Crippen molar-refractivity contribution in [1.82, 2.24) is 0 Å². The van der Waals surface area contributed by atoms with E-state index in [4.69, 9.17) is 5.11 Å². The Balaban J connectivity index is 3.73. The second-order valence-corrected chi connectivity index (χ2v) is 2.65. The van der Waals surface area contributed by atoms with Gasteiger partial charge < -0.3 is 5.11 Å². The largest absolute Gasteiger partial charge is 0.389 e. The molecule has 0 fully saturated rings. The topological polar surface area (TPSA) is 37.3 Å². The van der Waals surface area contributed by atoms with E-state index in [1.807, 2.05) is 25.2 Å². The lowest BCUT2D eigenvalue weighted by Crippen LogP contribution is -1.97. The molecule has 0 radical (unpaired) electrons. The van der Waals surface area contributed by atoms with Crippen LogP contribution in [-0.4, -0.2) is 17.5 Å². The Morgan fingerprint density at radius 2 is 1.50 bits per heavy atom. The molecule has 0 aliphatic heterocycles. The van der Waals surface area contributed by atoms with Crippen molar-refractivity contribution >= 4 is 6.29 Å². The molecule has 0 aromatic rings. The maximum absolute atomic E-state index is 9.87. The third kappa shape index (κ3) is 8.68. The minimum atomic E-state index is -0.362. The van der Waals surface area contributed by atoms with Gasteiger partial charge in [-0.05, 0) is 12.5 Å². The molecule has 0 bridgehead atoms. The van der Waals surface area contributed by atoms with Crippen LogP contribution in [0.5, 0.6) is 0 Å². The molecule has 0 rings (SSSR count). The lowest BCUT2D eigenvalue weighted by Gasteiger charge is -1.95. The first kappa shape index (κ1) is 12.6. The van der Waals surface area contributed by atoms with E-state index in [0.717, 1.165) is 12.7 Å². The van der Waals surface area contributed by atoms with E-state index in [9.17, 15) is 4.79 Å². The van der Waals surface area contributed by atoms with Gasteiger partial charge in [-0.2, -0.15) is 0 Å². The van der Waals surface area contributed by atoms with Crippen molar-refractivity contribution in [2.24, 2.45) is 0 Å². The summed E-state index contributed by atoms with van der Waals surface area (Å²) in [6.45, 7) is 1.92. The summed E-state index contributed by atoms with van der Waals surface area (Å²) < 4.78 is 0. The normalized spacial score (nSPS) is 15.0. The molecule has 0 spiro atoms. The van der Waals surface area contributed by atoms with Crippen LogP contribution in [-0.2, 0) is 4.79 Å². The Labute approximate surface area is 85.0 Å². The third-order valence-electron chi connectivity index (χ3n) is 1.50. The average molecular weight is 192 g/mol. The zero-order chi connectivity index (χ0) is 10.6. The van der Waals surface area contributed by atoms with E-state index in [1.54, 1.807) is 24.3 Å². The molecule has 1 N–H and O–H groups in total. The van der Waals surface area contributed by atoms with Crippen LogP contribution in [0.15, 0.2) is 48.6 Å². The number of carbonyl (C=O) groups excluding carboxylic acids is 1. The van der Waals surface area contributed by atoms with Gasteiger partial charge in [0.1, 0.15) is 6.29 Å². The first-order chi connectivity index (χ1) is 6.81. The Kier molecular flexibility index (Phi) is 8.70. The molecule has 14 heavy (non-hydrogen) atoms. The molecule has 0 aromatic heterocycles. The van der Waals surface area contributed by atoms with Gasteiger partial charge >= 0.3 is 0 Å². The van der Waals surface area contributed by atoms with Crippen LogP contribution in [0, 0.1) is 0 Å². The van der Waals surface area contributed by atoms with Gasteiger partial charge in [0.25, 0.3) is 0 Å². The van der Waals surface area contributed by atoms with Crippen molar-refractivity contribution in [2.75, 3.05) is 0 Å². The molecular formula is C12H16O2. The average Bonchev–Trinajstić information content (AvgIpc) is 2.21. The fraction of sp³-hybridized carbons (Fsp3) is 0.250. The summed E-state index contributed by atoms with van der Waals surface area (Å²) in [4.78, 5) is 9.87. The van der Waals surface area contributed by atoms with E-state index < -0.39 is 0 Å². The molecular weight excluding hydrogens is 176 g/mol. The van der Waals surface area contributed by atoms with Gasteiger partial charge in [-0.15, -0.1) is 0 Å². The van der Waals surface area contributed by atoms with Gasteiger partial charge in [0, 0.05) is 0 Å². The highest BCUT2D eigenvalue weighted by atomic mass is 16.3. The molecule has 76 valence electrons. The summed E-state index contributed by atoms with van der Waals surface area (Å²) in [7, 11) is 0. The number of rotatable bonds is 6. The maximum atomic E-state index is 9.87. The summed E-state index contributed by atoms with van der Waals surface area (Å²) in [5.74, 6) is 0. The smallest absolute Gasteiger partial charge is 0.142 e. The summed E-state index contributed by atoms with van der Waals surface area (Å²) in [6.07, 6.45) is 14.9. The van der Waals surface area contributed by atoms with Crippen LogP contribution >= 0.6 is 0 Å². The van der Waals surface area contributed by atoms with Gasteiger partial charge in [-0.1, -0.05) is 49.5 Å². The number of aldehydes is 1. The first-order valence-corrected chi connectivity index (χ1v) is 4.61. The number of aliphatic hydroxyl groups excluding tert-OH is 1. The van der Waals surface area contributed by atoms with Crippen LogP contribution < -0.4 is 0 Å². The predicted molar refractivity (Wildman–Crippen MR) is 58.9 cm³/mol. The third-order valence-corrected chi connectivity index (χ3v) is 1.50. The SMILES string of the molecule is CCC(O)/C=C/C=C/C=C/C=C/C=O. The zero-order valence-corrected chi connectivity index (χ0v) is 8.34. The fourth-order valence-electron chi connectivity index (χ4n) is 0.695. The molecule has 0 aliphatic carbocycles. The second-order valence-electron chi connectivity index (χ2n) is 2.65. The minimum absolute atomic E-state index is 0.362. The Bertz CT molecular complexity index is 247. The highest BCUT2D eigenvalue weighted by molar-refractivity contribution is 5.65. The molecule has 1 unspecified atom stereocenters. The van der Waals surface area contributed by atoms with Crippen LogP contribution in [0.25, 0.3) is 0 Å². The minimum Gasteiger partial charge on any atom is -0.389 e. The van der Waals surface area contributed by atoms with Crippen LogP contribution in [0.2, 0.25) is 0 Å². The highest BCUT2D eigenvalue weighted by Crippen LogP contribution is 1.91. The summed E-state index contributed by atoms with van der Waals surface area (Å²) in [6, 6.07) is 0. The predicted octanol–water partition coefficient (Wildman–Crippen LogP) is 2.18. The molecule has 0 aromatic carbocycles. The lowest BCUT2D eigenvalue weighted by molar-refractivity contribution is -0.104. The van der Waals surface area contributed by atoms with Crippen LogP contribution in [0.4, 0.5) is 0 Å². The zero-order valence-electron chi connectivity index (χ0n) is 8.34. The molecule has 0 saturated heterocycles. The van der Waals surface area contributed by atoms with Crippen LogP contribution in [0.1, 0.15) is 13.3 Å². The Hall–Kier alpha value is -1.41. The number of carbonyl (C=O) groups is 1. The quantitative estimate of drug-likeness (QED) is 0.398. The number of hydrogen-bond donors (Lipinski definition) is 1. The summed E-state index contributed by atoms with van der Waals surface area (Å²) in [5, 5.41) is 9.14. The van der Waals surface area contributed by atoms with Crippen molar-refractivity contribution in [3.05, 3.63) is 48.6 Å². The monoisotopic (exact) mass is 192 g/mol. The molecule has 0 saturated carbocycles. The van der Waals surface area contributed by atoms with Gasteiger partial charge in [0.05, 0.1) is 6.10 Å². The van der Waals surface area contributed by atoms with Crippen LogP contribution in [0.3, 0.4) is 0 Å². The van der Waals surface area contributed by atoms with Gasteiger partial charge in [-0.3, -0.25) is 4.79 Å². The fourth-order valence-corrected chi connectivity index (χ4v) is 0.695. The van der Waals surface area contributed by atoms with E-state index in [1.165, 1.54) is 6.08 Å². The highest BCUT2D eigenvalue weighted by Gasteiger charge is 1.88. The van der Waals surface area contributed by atoms with Crippen molar-refractivity contribution in [3.63, 3.8) is 0 Å². The molecule has 0 heterocycles. The number of hydrogen-bond acceptors (Lipinski definition) is 2. The van der Waals surface area contributed by atoms with E-state index in [-0.39, 0.29) is 6.10 Å². The van der Waals surface area contributed by atoms with Gasteiger partial charge in [0.2, 0.25) is 0 Å². The van der Waals surface area contributed by atoms with Gasteiger partial charge in [-0.25, -0.2) is 0 Å². The second kappa shape index (κ2) is 9.68. The van der Waals surface area contributed by atoms with E-state index in [2.05, 4.69) is 0 Å². The van der Waals surface area contributed by atoms with Crippen molar-refractivity contribution in [1.29, 1.82) is 0 Å².